The summed E-state index contributed by atoms with van der Waals surface area (Å²) in [6.45, 7) is 0.854. The molecule has 1 fully saturated rings. The predicted octanol–water partition coefficient (Wildman–Crippen LogP) is 3.39. The molecule has 0 unspecified atom stereocenters. The summed E-state index contributed by atoms with van der Waals surface area (Å²) >= 11 is 0. The molecule has 3 heterocycles. The van der Waals surface area contributed by atoms with Crippen LogP contribution in [-0.4, -0.2) is 46.0 Å². The van der Waals surface area contributed by atoms with Crippen molar-refractivity contribution in [2.45, 2.75) is 38.3 Å². The normalized spacial score (nSPS) is 16.9. The van der Waals surface area contributed by atoms with Gasteiger partial charge in [0.15, 0.2) is 0 Å². The number of fused-ring (bicyclic) bond motifs is 1. The van der Waals surface area contributed by atoms with E-state index in [9.17, 15) is 23.5 Å². The Kier molecular flexibility index (Phi) is 6.30. The van der Waals surface area contributed by atoms with E-state index < -0.39 is 11.6 Å². The van der Waals surface area contributed by atoms with E-state index in [1.807, 2.05) is 24.3 Å². The van der Waals surface area contributed by atoms with Gasteiger partial charge < -0.3 is 15.3 Å². The number of pyridine rings is 1. The number of carbonyl (C=O) groups excluding carboxylic acids is 2. The lowest BCUT2D eigenvalue weighted by Crippen LogP contribution is -2.38. The quantitative estimate of drug-likeness (QED) is 0.570. The van der Waals surface area contributed by atoms with Crippen LogP contribution in [0.25, 0.3) is 11.3 Å². The number of hydrogen-bond acceptors (Lipinski definition) is 4. The summed E-state index contributed by atoms with van der Waals surface area (Å²) < 4.78 is 28.8. The van der Waals surface area contributed by atoms with Gasteiger partial charge in [-0.3, -0.25) is 9.59 Å². The number of aliphatic hydroxyl groups excluding tert-OH is 1. The molecule has 3 aromatic rings. The van der Waals surface area contributed by atoms with Crippen molar-refractivity contribution < 1.29 is 23.5 Å². The second kappa shape index (κ2) is 9.54. The summed E-state index contributed by atoms with van der Waals surface area (Å²) in [4.78, 5) is 31.2. The molecule has 6 nitrogen and oxygen atoms in total. The van der Waals surface area contributed by atoms with Gasteiger partial charge >= 0.3 is 0 Å². The third-order valence-electron chi connectivity index (χ3n) is 6.72. The molecule has 2 N–H and O–H groups in total. The van der Waals surface area contributed by atoms with Gasteiger partial charge in [-0.05, 0) is 54.2 Å². The third-order valence-corrected chi connectivity index (χ3v) is 6.72. The average Bonchev–Trinajstić information content (AvgIpc) is 3.47. The summed E-state index contributed by atoms with van der Waals surface area (Å²) in [5.41, 5.74) is 3.22. The van der Waals surface area contributed by atoms with E-state index in [0.717, 1.165) is 24.0 Å². The minimum atomic E-state index is -0.712. The minimum Gasteiger partial charge on any atom is -0.394 e. The van der Waals surface area contributed by atoms with Gasteiger partial charge in [-0.2, -0.15) is 0 Å². The molecule has 2 aliphatic heterocycles. The summed E-state index contributed by atoms with van der Waals surface area (Å²) in [6, 6.07) is 12.7. The summed E-state index contributed by atoms with van der Waals surface area (Å²) in [5, 5.41) is 12.2. The van der Waals surface area contributed by atoms with Crippen LogP contribution in [0.1, 0.15) is 45.6 Å². The van der Waals surface area contributed by atoms with Crippen LogP contribution in [-0.2, 0) is 24.2 Å². The lowest BCUT2D eigenvalue weighted by Gasteiger charge is -2.23. The Balaban J connectivity index is 1.39. The van der Waals surface area contributed by atoms with Crippen LogP contribution >= 0.6 is 0 Å². The number of aromatic nitrogens is 1. The van der Waals surface area contributed by atoms with Gasteiger partial charge in [0.1, 0.15) is 11.6 Å². The Hall–Kier alpha value is -3.65. The van der Waals surface area contributed by atoms with Crippen LogP contribution in [0.2, 0.25) is 0 Å². The number of carbonyl (C=O) groups is 2. The molecule has 1 atom stereocenters. The number of amides is 2. The molecule has 1 saturated heterocycles. The number of rotatable bonds is 6. The summed E-state index contributed by atoms with van der Waals surface area (Å²) in [7, 11) is 0. The Labute approximate surface area is 201 Å². The summed E-state index contributed by atoms with van der Waals surface area (Å²) in [6.07, 6.45) is 2.34. The van der Waals surface area contributed by atoms with Crippen molar-refractivity contribution in [1.29, 1.82) is 0 Å². The molecular formula is C27H25F2N3O3. The highest BCUT2D eigenvalue weighted by atomic mass is 19.1. The van der Waals surface area contributed by atoms with Crippen LogP contribution in [0.4, 0.5) is 8.78 Å². The van der Waals surface area contributed by atoms with Crippen molar-refractivity contribution >= 4 is 11.8 Å². The van der Waals surface area contributed by atoms with Crippen LogP contribution in [0.15, 0.2) is 48.5 Å². The summed E-state index contributed by atoms with van der Waals surface area (Å²) in [5.74, 6) is -1.68. The van der Waals surface area contributed by atoms with Crippen molar-refractivity contribution in [2.75, 3.05) is 13.2 Å². The SMILES string of the molecule is O=C1NCc2nc(-c3c(F)cccc3F)cc(Cc3ccc(CC(=O)N4CCC[C@H]4CO)cc3)c21. The second-order valence-corrected chi connectivity index (χ2v) is 9.00. The van der Waals surface area contributed by atoms with Crippen LogP contribution in [0, 0.1) is 11.6 Å². The zero-order chi connectivity index (χ0) is 24.5. The highest BCUT2D eigenvalue weighted by Crippen LogP contribution is 2.30. The molecule has 2 aliphatic rings. The second-order valence-electron chi connectivity index (χ2n) is 9.00. The van der Waals surface area contributed by atoms with Crippen molar-refractivity contribution in [1.82, 2.24) is 15.2 Å². The molecule has 180 valence electrons. The van der Waals surface area contributed by atoms with Crippen molar-refractivity contribution in [3.05, 3.63) is 88.1 Å². The number of benzene rings is 2. The molecular weight excluding hydrogens is 452 g/mol. The first-order valence-corrected chi connectivity index (χ1v) is 11.7. The standard InChI is InChI=1S/C27H25F2N3O3/c28-20-4-1-5-21(29)26(20)22-13-18(25-23(31-22)14-30-27(25)35)11-16-6-8-17(9-7-16)12-24(34)32-10-2-3-19(32)15-33/h1,4-9,13,19,33H,2-3,10-12,14-15H2,(H,30,35)/t19-/m0/s1. The van der Waals surface area contributed by atoms with Gasteiger partial charge in [0.25, 0.3) is 5.91 Å². The number of halogens is 2. The monoisotopic (exact) mass is 477 g/mol. The van der Waals surface area contributed by atoms with E-state index in [0.29, 0.717) is 29.8 Å². The average molecular weight is 478 g/mol. The Morgan fingerprint density at radius 2 is 1.80 bits per heavy atom. The van der Waals surface area contributed by atoms with E-state index in [-0.39, 0.29) is 48.7 Å². The fourth-order valence-corrected chi connectivity index (χ4v) is 4.95. The molecule has 2 amide bonds. The van der Waals surface area contributed by atoms with Gasteiger partial charge in [0.05, 0.1) is 48.1 Å². The lowest BCUT2D eigenvalue weighted by molar-refractivity contribution is -0.132. The zero-order valence-corrected chi connectivity index (χ0v) is 19.1. The Morgan fingerprint density at radius 1 is 1.09 bits per heavy atom. The number of nitrogens with zero attached hydrogens (tertiary/aromatic N) is 2. The van der Waals surface area contributed by atoms with Crippen LogP contribution in [0.3, 0.4) is 0 Å². The van der Waals surface area contributed by atoms with Crippen molar-refractivity contribution in [3.63, 3.8) is 0 Å². The molecule has 1 aromatic heterocycles. The molecule has 0 spiro atoms. The van der Waals surface area contributed by atoms with E-state index in [1.54, 1.807) is 11.0 Å². The molecule has 5 rings (SSSR count). The molecule has 0 bridgehead atoms. The maximum absolute atomic E-state index is 14.4. The molecule has 0 aliphatic carbocycles. The van der Waals surface area contributed by atoms with Gasteiger partial charge in [-0.25, -0.2) is 13.8 Å². The Bertz CT molecular complexity index is 1270. The maximum Gasteiger partial charge on any atom is 0.253 e. The van der Waals surface area contributed by atoms with Gasteiger partial charge in [0.2, 0.25) is 5.91 Å². The first-order chi connectivity index (χ1) is 16.9. The fraction of sp³-hybridized carbons (Fsp3) is 0.296. The Morgan fingerprint density at radius 3 is 2.51 bits per heavy atom. The first-order valence-electron chi connectivity index (χ1n) is 11.7. The lowest BCUT2D eigenvalue weighted by atomic mass is 9.96. The molecule has 8 heteroatoms. The fourth-order valence-electron chi connectivity index (χ4n) is 4.95. The maximum atomic E-state index is 14.4. The van der Waals surface area contributed by atoms with Gasteiger partial charge in [0, 0.05) is 6.54 Å². The molecule has 0 radical (unpaired) electrons. The number of likely N-dealkylation sites (tertiary alicyclic amines) is 1. The largest absolute Gasteiger partial charge is 0.394 e. The number of nitrogens with one attached hydrogen (secondary N) is 1. The first kappa shape index (κ1) is 23.1. The highest BCUT2D eigenvalue weighted by Gasteiger charge is 2.28. The van der Waals surface area contributed by atoms with Crippen molar-refractivity contribution in [3.8, 4) is 11.3 Å². The highest BCUT2D eigenvalue weighted by molar-refractivity contribution is 5.99. The zero-order valence-electron chi connectivity index (χ0n) is 19.1. The predicted molar refractivity (Wildman–Crippen MR) is 126 cm³/mol. The van der Waals surface area contributed by atoms with Crippen molar-refractivity contribution in [2.24, 2.45) is 0 Å². The van der Waals surface area contributed by atoms with Gasteiger partial charge in [-0.1, -0.05) is 30.3 Å². The number of hydrogen-bond donors (Lipinski definition) is 2. The van der Waals surface area contributed by atoms with Crippen LogP contribution in [0.5, 0.6) is 0 Å². The molecule has 35 heavy (non-hydrogen) atoms. The minimum absolute atomic E-state index is 0.00511. The number of aliphatic hydroxyl groups is 1. The van der Waals surface area contributed by atoms with E-state index in [1.165, 1.54) is 18.2 Å². The van der Waals surface area contributed by atoms with E-state index in [2.05, 4.69) is 10.3 Å². The van der Waals surface area contributed by atoms with Gasteiger partial charge in [-0.15, -0.1) is 0 Å². The third kappa shape index (κ3) is 4.53. The topological polar surface area (TPSA) is 82.5 Å². The molecule has 0 saturated carbocycles. The van der Waals surface area contributed by atoms with E-state index in [4.69, 9.17) is 0 Å². The van der Waals surface area contributed by atoms with E-state index >= 15 is 0 Å². The van der Waals surface area contributed by atoms with Crippen LogP contribution < -0.4 is 5.32 Å². The molecule has 2 aromatic carbocycles. The smallest absolute Gasteiger partial charge is 0.253 e.